The summed E-state index contributed by atoms with van der Waals surface area (Å²) in [6.07, 6.45) is 6.02. The second kappa shape index (κ2) is 6.82. The first-order valence-corrected chi connectivity index (χ1v) is 8.32. The van der Waals surface area contributed by atoms with Crippen molar-refractivity contribution in [2.24, 2.45) is 5.92 Å². The van der Waals surface area contributed by atoms with Crippen LogP contribution in [0.1, 0.15) is 45.4 Å². The summed E-state index contributed by atoms with van der Waals surface area (Å²) >= 11 is 5.50. The van der Waals surface area contributed by atoms with E-state index < -0.39 is 10.0 Å². The fourth-order valence-electron chi connectivity index (χ4n) is 2.25. The molecule has 1 aliphatic rings. The molecule has 1 saturated carbocycles. The number of halogens is 1. The molecule has 96 valence electrons. The monoisotopic (exact) mass is 267 g/mol. The quantitative estimate of drug-likeness (QED) is 0.752. The molecular weight excluding hydrogens is 246 g/mol. The van der Waals surface area contributed by atoms with E-state index in [9.17, 15) is 8.42 Å². The largest absolute Gasteiger partial charge is 0.212 e. The Bertz CT molecular complexity index is 284. The predicted octanol–water partition coefficient (Wildman–Crippen LogP) is 2.50. The molecular formula is C11H22ClNO2S. The van der Waals surface area contributed by atoms with Crippen molar-refractivity contribution in [2.45, 2.75) is 51.5 Å². The van der Waals surface area contributed by atoms with Crippen molar-refractivity contribution in [2.75, 3.05) is 11.6 Å². The molecule has 5 heteroatoms. The molecule has 1 N–H and O–H groups in total. The van der Waals surface area contributed by atoms with Crippen molar-refractivity contribution in [1.29, 1.82) is 0 Å². The highest BCUT2D eigenvalue weighted by Gasteiger charge is 2.23. The van der Waals surface area contributed by atoms with Crippen molar-refractivity contribution in [3.8, 4) is 0 Å². The van der Waals surface area contributed by atoms with E-state index in [-0.39, 0.29) is 11.8 Å². The third-order valence-electron chi connectivity index (χ3n) is 3.32. The van der Waals surface area contributed by atoms with E-state index >= 15 is 0 Å². The maximum absolute atomic E-state index is 11.6. The minimum absolute atomic E-state index is 0.156. The number of nitrogens with one attached hydrogen (secondary N) is 1. The van der Waals surface area contributed by atoms with Gasteiger partial charge in [-0.1, -0.05) is 13.3 Å². The lowest BCUT2D eigenvalue weighted by Crippen LogP contribution is -2.38. The van der Waals surface area contributed by atoms with Gasteiger partial charge in [-0.25, -0.2) is 13.1 Å². The van der Waals surface area contributed by atoms with E-state index in [1.807, 2.05) is 0 Å². The van der Waals surface area contributed by atoms with Gasteiger partial charge < -0.3 is 0 Å². The van der Waals surface area contributed by atoms with Gasteiger partial charge in [-0.15, -0.1) is 11.6 Å². The van der Waals surface area contributed by atoms with Crippen LogP contribution in [-0.4, -0.2) is 26.1 Å². The maximum atomic E-state index is 11.6. The number of rotatable bonds is 6. The van der Waals surface area contributed by atoms with Crippen molar-refractivity contribution in [3.63, 3.8) is 0 Å². The van der Waals surface area contributed by atoms with E-state index in [0.29, 0.717) is 12.3 Å². The van der Waals surface area contributed by atoms with Crippen LogP contribution in [0.25, 0.3) is 0 Å². The molecule has 0 saturated heterocycles. The second-order valence-corrected chi connectivity index (χ2v) is 6.86. The van der Waals surface area contributed by atoms with E-state index in [0.717, 1.165) is 31.6 Å². The zero-order chi connectivity index (χ0) is 12.0. The molecule has 0 aliphatic heterocycles. The van der Waals surface area contributed by atoms with Crippen LogP contribution in [-0.2, 0) is 10.0 Å². The van der Waals surface area contributed by atoms with Gasteiger partial charge in [0.1, 0.15) is 0 Å². The van der Waals surface area contributed by atoms with Gasteiger partial charge in [-0.3, -0.25) is 0 Å². The third-order valence-corrected chi connectivity index (χ3v) is 5.10. The number of alkyl halides is 1. The molecule has 0 radical (unpaired) electrons. The van der Waals surface area contributed by atoms with Gasteiger partial charge in [0.25, 0.3) is 0 Å². The molecule has 0 aromatic carbocycles. The molecule has 0 amide bonds. The third kappa shape index (κ3) is 5.02. The average Bonchev–Trinajstić information content (AvgIpc) is 2.27. The first-order chi connectivity index (χ1) is 7.57. The number of hydrogen-bond acceptors (Lipinski definition) is 2. The fraction of sp³-hybridized carbons (Fsp3) is 1.00. The van der Waals surface area contributed by atoms with Crippen molar-refractivity contribution < 1.29 is 8.42 Å². The Hall–Kier alpha value is 0.200. The summed E-state index contributed by atoms with van der Waals surface area (Å²) in [5.41, 5.74) is 0. The van der Waals surface area contributed by atoms with Gasteiger partial charge >= 0.3 is 0 Å². The summed E-state index contributed by atoms with van der Waals surface area (Å²) in [5.74, 6) is 1.36. The van der Waals surface area contributed by atoms with Crippen LogP contribution in [0, 0.1) is 5.92 Å². The highest BCUT2D eigenvalue weighted by Crippen LogP contribution is 2.26. The van der Waals surface area contributed by atoms with Crippen LogP contribution in [0.3, 0.4) is 0 Å². The highest BCUT2D eigenvalue weighted by atomic mass is 35.5. The van der Waals surface area contributed by atoms with Gasteiger partial charge in [-0.05, 0) is 38.0 Å². The molecule has 0 aromatic rings. The molecule has 0 aromatic heterocycles. The smallest absolute Gasteiger partial charge is 0.211 e. The van der Waals surface area contributed by atoms with E-state index in [1.54, 1.807) is 0 Å². The standard InChI is InChI=1S/C11H22ClNO2S/c1-2-10-4-6-11(7-5-10)13-16(14,15)9-3-8-12/h10-11,13H,2-9H2,1H3. The van der Waals surface area contributed by atoms with Crippen LogP contribution in [0.4, 0.5) is 0 Å². The molecule has 0 bridgehead atoms. The van der Waals surface area contributed by atoms with Crippen LogP contribution >= 0.6 is 11.6 Å². The molecule has 1 aliphatic carbocycles. The zero-order valence-corrected chi connectivity index (χ0v) is 11.5. The SMILES string of the molecule is CCC1CCC(NS(=O)(=O)CCCCl)CC1. The summed E-state index contributed by atoms with van der Waals surface area (Å²) in [4.78, 5) is 0. The fourth-order valence-corrected chi connectivity index (χ4v) is 3.92. The number of sulfonamides is 1. The van der Waals surface area contributed by atoms with Crippen LogP contribution in [0.2, 0.25) is 0 Å². The van der Waals surface area contributed by atoms with Crippen molar-refractivity contribution in [3.05, 3.63) is 0 Å². The predicted molar refractivity (Wildman–Crippen MR) is 68.3 cm³/mol. The Morgan fingerprint density at radius 1 is 1.25 bits per heavy atom. The van der Waals surface area contributed by atoms with Gasteiger partial charge in [0.05, 0.1) is 5.75 Å². The zero-order valence-electron chi connectivity index (χ0n) is 9.91. The van der Waals surface area contributed by atoms with Gasteiger partial charge in [0.2, 0.25) is 10.0 Å². The Morgan fingerprint density at radius 3 is 2.38 bits per heavy atom. The molecule has 0 spiro atoms. The van der Waals surface area contributed by atoms with Gasteiger partial charge in [-0.2, -0.15) is 0 Å². The van der Waals surface area contributed by atoms with Crippen molar-refractivity contribution in [1.82, 2.24) is 4.72 Å². The van der Waals surface area contributed by atoms with E-state index in [4.69, 9.17) is 11.6 Å². The molecule has 0 atom stereocenters. The summed E-state index contributed by atoms with van der Waals surface area (Å²) in [5, 5.41) is 0. The summed E-state index contributed by atoms with van der Waals surface area (Å²) < 4.78 is 26.1. The van der Waals surface area contributed by atoms with Crippen LogP contribution in [0.15, 0.2) is 0 Å². The maximum Gasteiger partial charge on any atom is 0.211 e. The Balaban J connectivity index is 2.32. The normalized spacial score (nSPS) is 26.9. The first-order valence-electron chi connectivity index (χ1n) is 6.13. The molecule has 0 heterocycles. The van der Waals surface area contributed by atoms with Crippen molar-refractivity contribution >= 4 is 21.6 Å². The summed E-state index contributed by atoms with van der Waals surface area (Å²) in [7, 11) is -3.10. The summed E-state index contributed by atoms with van der Waals surface area (Å²) in [6, 6.07) is 0.156. The first kappa shape index (κ1) is 14.3. The van der Waals surface area contributed by atoms with E-state index in [2.05, 4.69) is 11.6 Å². The molecule has 16 heavy (non-hydrogen) atoms. The second-order valence-electron chi connectivity index (χ2n) is 4.61. The highest BCUT2D eigenvalue weighted by molar-refractivity contribution is 7.89. The lowest BCUT2D eigenvalue weighted by Gasteiger charge is -2.28. The molecule has 3 nitrogen and oxygen atoms in total. The van der Waals surface area contributed by atoms with Crippen LogP contribution < -0.4 is 4.72 Å². The van der Waals surface area contributed by atoms with E-state index in [1.165, 1.54) is 6.42 Å². The Kier molecular flexibility index (Phi) is 6.08. The molecule has 1 fully saturated rings. The molecule has 1 rings (SSSR count). The Morgan fingerprint density at radius 2 is 1.88 bits per heavy atom. The van der Waals surface area contributed by atoms with Gasteiger partial charge in [0.15, 0.2) is 0 Å². The minimum Gasteiger partial charge on any atom is -0.212 e. The average molecular weight is 268 g/mol. The Labute approximate surface area is 104 Å². The summed E-state index contributed by atoms with van der Waals surface area (Å²) in [6.45, 7) is 2.20. The molecule has 0 unspecified atom stereocenters. The number of hydrogen-bond donors (Lipinski definition) is 1. The lowest BCUT2D eigenvalue weighted by molar-refractivity contribution is 0.306. The topological polar surface area (TPSA) is 46.2 Å². The van der Waals surface area contributed by atoms with Crippen LogP contribution in [0.5, 0.6) is 0 Å². The lowest BCUT2D eigenvalue weighted by atomic mass is 9.85. The minimum atomic E-state index is -3.10. The van der Waals surface area contributed by atoms with Gasteiger partial charge in [0, 0.05) is 11.9 Å².